The maximum Gasteiger partial charge on any atom is 0.0636 e. The van der Waals surface area contributed by atoms with E-state index in [1.165, 1.54) is 31.2 Å². The second-order valence-electron chi connectivity index (χ2n) is 6.81. The van der Waals surface area contributed by atoms with Gasteiger partial charge in [-0.05, 0) is 50.5 Å². The van der Waals surface area contributed by atoms with Crippen LogP contribution in [0.2, 0.25) is 0 Å². The highest BCUT2D eigenvalue weighted by Crippen LogP contribution is 2.45. The summed E-state index contributed by atoms with van der Waals surface area (Å²) in [7, 11) is 0. The largest absolute Gasteiger partial charge is 0.392 e. The molecule has 2 atom stereocenters. The Hall–Kier alpha value is -0.860. The Morgan fingerprint density at radius 1 is 1.14 bits per heavy atom. The van der Waals surface area contributed by atoms with Crippen molar-refractivity contribution in [2.45, 2.75) is 75.4 Å². The van der Waals surface area contributed by atoms with Gasteiger partial charge in [0.25, 0.3) is 0 Å². The fraction of sp³-hybridized carbons (Fsp3) is 0.684. The second-order valence-corrected chi connectivity index (χ2v) is 6.81. The second kappa shape index (κ2) is 6.93. The molecule has 1 aliphatic heterocycles. The lowest BCUT2D eigenvalue weighted by molar-refractivity contribution is 0.0610. The predicted molar refractivity (Wildman–Crippen MR) is 85.4 cm³/mol. The van der Waals surface area contributed by atoms with Crippen molar-refractivity contribution in [3.8, 4) is 0 Å². The van der Waals surface area contributed by atoms with Crippen LogP contribution in [0.4, 0.5) is 0 Å². The summed E-state index contributed by atoms with van der Waals surface area (Å²) in [5, 5.41) is 10.9. The number of rotatable bonds is 6. The maximum atomic E-state index is 10.9. The summed E-state index contributed by atoms with van der Waals surface area (Å²) < 4.78 is 5.69. The molecule has 1 N–H and O–H groups in total. The number of hydrogen-bond acceptors (Lipinski definition) is 2. The van der Waals surface area contributed by atoms with Gasteiger partial charge in [0.15, 0.2) is 0 Å². The Kier molecular flexibility index (Phi) is 4.97. The first-order chi connectivity index (χ1) is 10.3. The van der Waals surface area contributed by atoms with Gasteiger partial charge in [-0.3, -0.25) is 0 Å². The molecular formula is C19H28O2. The first kappa shape index (κ1) is 15.1. The molecule has 1 aliphatic carbocycles. The van der Waals surface area contributed by atoms with E-state index in [9.17, 15) is 5.11 Å². The van der Waals surface area contributed by atoms with Crippen LogP contribution in [0.25, 0.3) is 0 Å². The van der Waals surface area contributed by atoms with E-state index < -0.39 is 0 Å². The molecule has 21 heavy (non-hydrogen) atoms. The molecule has 1 heterocycles. The molecule has 0 amide bonds. The van der Waals surface area contributed by atoms with Gasteiger partial charge in [0, 0.05) is 12.0 Å². The monoisotopic (exact) mass is 288 g/mol. The number of aliphatic hydroxyl groups excluding tert-OH is 1. The van der Waals surface area contributed by atoms with Gasteiger partial charge in [0.1, 0.15) is 0 Å². The van der Waals surface area contributed by atoms with Crippen LogP contribution in [0.15, 0.2) is 30.3 Å². The zero-order valence-electron chi connectivity index (χ0n) is 13.0. The molecular weight excluding hydrogens is 260 g/mol. The standard InChI is InChI=1S/C19H28O2/c20-18(12-6-10-17-11-7-15-21-17)19(13-4-5-14-19)16-8-2-1-3-9-16/h1-3,8-9,17-18,20H,4-7,10-15H2. The highest BCUT2D eigenvalue weighted by molar-refractivity contribution is 5.28. The average Bonchev–Trinajstić information content (AvgIpc) is 3.20. The molecule has 1 aromatic rings. The van der Waals surface area contributed by atoms with Crippen molar-refractivity contribution in [3.05, 3.63) is 35.9 Å². The SMILES string of the molecule is OC(CCCC1CCCO1)C1(c2ccccc2)CCCC1. The van der Waals surface area contributed by atoms with Gasteiger partial charge in [-0.2, -0.15) is 0 Å². The quantitative estimate of drug-likeness (QED) is 0.849. The molecule has 2 unspecified atom stereocenters. The third-order valence-electron chi connectivity index (χ3n) is 5.51. The molecule has 2 aliphatic rings. The number of hydrogen-bond donors (Lipinski definition) is 1. The van der Waals surface area contributed by atoms with E-state index in [1.807, 2.05) is 0 Å². The van der Waals surface area contributed by atoms with Crippen LogP contribution in [0.1, 0.15) is 63.4 Å². The summed E-state index contributed by atoms with van der Waals surface area (Å²) in [4.78, 5) is 0. The van der Waals surface area contributed by atoms with Crippen LogP contribution in [0.3, 0.4) is 0 Å². The van der Waals surface area contributed by atoms with Gasteiger partial charge in [-0.1, -0.05) is 43.2 Å². The summed E-state index contributed by atoms with van der Waals surface area (Å²) >= 11 is 0. The molecule has 2 heteroatoms. The lowest BCUT2D eigenvalue weighted by Gasteiger charge is -2.35. The molecule has 3 rings (SSSR count). The fourth-order valence-electron chi connectivity index (χ4n) is 4.28. The molecule has 0 aromatic heterocycles. The minimum atomic E-state index is -0.205. The van der Waals surface area contributed by atoms with Crippen molar-refractivity contribution in [2.24, 2.45) is 0 Å². The van der Waals surface area contributed by atoms with Gasteiger partial charge in [0.2, 0.25) is 0 Å². The summed E-state index contributed by atoms with van der Waals surface area (Å²) in [6.07, 6.45) is 10.5. The first-order valence-electron chi connectivity index (χ1n) is 8.66. The van der Waals surface area contributed by atoms with Crippen molar-refractivity contribution in [1.29, 1.82) is 0 Å². The topological polar surface area (TPSA) is 29.5 Å². The number of ether oxygens (including phenoxy) is 1. The predicted octanol–water partition coefficient (Wildman–Crippen LogP) is 4.21. The van der Waals surface area contributed by atoms with Crippen LogP contribution in [0.5, 0.6) is 0 Å². The Morgan fingerprint density at radius 3 is 2.57 bits per heavy atom. The lowest BCUT2D eigenvalue weighted by Crippen LogP contribution is -2.37. The molecule has 1 saturated carbocycles. The Balaban J connectivity index is 1.60. The Bertz CT molecular complexity index is 416. The zero-order valence-corrected chi connectivity index (χ0v) is 13.0. The first-order valence-corrected chi connectivity index (χ1v) is 8.66. The summed E-state index contributed by atoms with van der Waals surface area (Å²) in [5.41, 5.74) is 1.35. The van der Waals surface area contributed by atoms with Crippen molar-refractivity contribution in [2.75, 3.05) is 6.61 Å². The van der Waals surface area contributed by atoms with Crippen LogP contribution in [0, 0.1) is 0 Å². The van der Waals surface area contributed by atoms with E-state index in [0.717, 1.165) is 38.7 Å². The molecule has 0 spiro atoms. The van der Waals surface area contributed by atoms with Crippen LogP contribution < -0.4 is 0 Å². The molecule has 1 saturated heterocycles. The van der Waals surface area contributed by atoms with E-state index >= 15 is 0 Å². The molecule has 0 bridgehead atoms. The van der Waals surface area contributed by atoms with Crippen LogP contribution in [-0.4, -0.2) is 23.9 Å². The van der Waals surface area contributed by atoms with Gasteiger partial charge in [-0.25, -0.2) is 0 Å². The normalized spacial score (nSPS) is 26.0. The van der Waals surface area contributed by atoms with E-state index in [-0.39, 0.29) is 11.5 Å². The van der Waals surface area contributed by atoms with E-state index in [4.69, 9.17) is 4.74 Å². The van der Waals surface area contributed by atoms with Gasteiger partial charge >= 0.3 is 0 Å². The molecule has 116 valence electrons. The smallest absolute Gasteiger partial charge is 0.0636 e. The van der Waals surface area contributed by atoms with Crippen molar-refractivity contribution in [1.82, 2.24) is 0 Å². The van der Waals surface area contributed by atoms with Crippen LogP contribution >= 0.6 is 0 Å². The van der Waals surface area contributed by atoms with Gasteiger partial charge in [0.05, 0.1) is 12.2 Å². The number of aliphatic hydroxyl groups is 1. The summed E-state index contributed by atoms with van der Waals surface area (Å²) in [6.45, 7) is 0.932. The highest BCUT2D eigenvalue weighted by atomic mass is 16.5. The van der Waals surface area contributed by atoms with Gasteiger partial charge < -0.3 is 9.84 Å². The average molecular weight is 288 g/mol. The zero-order chi connectivity index (χ0) is 14.5. The lowest BCUT2D eigenvalue weighted by atomic mass is 9.72. The third-order valence-corrected chi connectivity index (χ3v) is 5.51. The Labute approximate surface area is 128 Å². The maximum absolute atomic E-state index is 10.9. The van der Waals surface area contributed by atoms with Crippen LogP contribution in [-0.2, 0) is 10.2 Å². The fourth-order valence-corrected chi connectivity index (χ4v) is 4.28. The summed E-state index contributed by atoms with van der Waals surface area (Å²) in [5.74, 6) is 0. The summed E-state index contributed by atoms with van der Waals surface area (Å²) in [6, 6.07) is 10.7. The van der Waals surface area contributed by atoms with Gasteiger partial charge in [-0.15, -0.1) is 0 Å². The molecule has 2 nitrogen and oxygen atoms in total. The highest BCUT2D eigenvalue weighted by Gasteiger charge is 2.41. The molecule has 1 aromatic carbocycles. The van der Waals surface area contributed by atoms with E-state index in [1.54, 1.807) is 0 Å². The molecule has 0 radical (unpaired) electrons. The molecule has 2 fully saturated rings. The van der Waals surface area contributed by atoms with Crippen molar-refractivity contribution in [3.63, 3.8) is 0 Å². The van der Waals surface area contributed by atoms with E-state index in [2.05, 4.69) is 30.3 Å². The minimum absolute atomic E-state index is 0.0117. The van der Waals surface area contributed by atoms with Crippen molar-refractivity contribution < 1.29 is 9.84 Å². The van der Waals surface area contributed by atoms with E-state index in [0.29, 0.717) is 6.10 Å². The number of benzene rings is 1. The van der Waals surface area contributed by atoms with Crippen molar-refractivity contribution >= 4 is 0 Å². The Morgan fingerprint density at radius 2 is 1.90 bits per heavy atom. The minimum Gasteiger partial charge on any atom is -0.392 e. The third kappa shape index (κ3) is 3.32.